The molecule has 1 aromatic rings. The summed E-state index contributed by atoms with van der Waals surface area (Å²) in [6.45, 7) is 10.8. The topological polar surface area (TPSA) is 45.1 Å². The van der Waals surface area contributed by atoms with Crippen molar-refractivity contribution in [2.45, 2.75) is 38.9 Å². The molecule has 0 heterocycles. The predicted molar refractivity (Wildman–Crippen MR) is 89.7 cm³/mol. The van der Waals surface area contributed by atoms with Gasteiger partial charge in [-0.1, -0.05) is 30.9 Å². The van der Waals surface area contributed by atoms with E-state index in [1.165, 1.54) is 7.48 Å². The second kappa shape index (κ2) is 6.92. The number of hydrogen-bond donors (Lipinski definition) is 1. The van der Waals surface area contributed by atoms with Crippen molar-refractivity contribution >= 4 is 18.8 Å². The van der Waals surface area contributed by atoms with Crippen LogP contribution in [0.25, 0.3) is 0 Å². The second-order valence-corrected chi connectivity index (χ2v) is 5.89. The Morgan fingerprint density at radius 1 is 1.29 bits per heavy atom. The molecule has 21 heavy (non-hydrogen) atoms. The fourth-order valence-electron chi connectivity index (χ4n) is 1.34. The molecule has 0 aliphatic rings. The molecule has 113 valence electrons. The smallest absolute Gasteiger partial charge is 0.354 e. The van der Waals surface area contributed by atoms with Crippen LogP contribution in [0, 0.1) is 0 Å². The van der Waals surface area contributed by atoms with Crippen molar-refractivity contribution in [3.05, 3.63) is 43.0 Å². The quantitative estimate of drug-likeness (QED) is 0.476. The summed E-state index contributed by atoms with van der Waals surface area (Å²) in [7, 11) is 3.37. The number of hydrazone groups is 1. The number of para-hydroxylation sites is 1. The number of nitrogens with zero attached hydrogens (tertiary/aromatic N) is 2. The molecule has 0 unspecified atom stereocenters. The molecule has 1 rings (SSSR count). The van der Waals surface area contributed by atoms with Gasteiger partial charge in [0.1, 0.15) is 0 Å². The van der Waals surface area contributed by atoms with Crippen LogP contribution in [0.15, 0.2) is 48.1 Å². The number of aliphatic hydroxyl groups is 1. The minimum Gasteiger partial charge on any atom is -0.425 e. The lowest BCUT2D eigenvalue weighted by Crippen LogP contribution is -2.48. The van der Waals surface area contributed by atoms with Crippen LogP contribution < -0.4 is 5.01 Å². The molecular formula is C16H24BN2O2. The fourth-order valence-corrected chi connectivity index (χ4v) is 1.34. The number of hydrogen-bond acceptors (Lipinski definition) is 4. The first-order chi connectivity index (χ1) is 9.67. The van der Waals surface area contributed by atoms with Crippen LogP contribution in [-0.2, 0) is 4.65 Å². The molecule has 0 aromatic heterocycles. The first-order valence-electron chi connectivity index (χ1n) is 6.90. The molecule has 1 aromatic carbocycles. The maximum atomic E-state index is 10.1. The van der Waals surface area contributed by atoms with Crippen molar-refractivity contribution in [2.24, 2.45) is 5.10 Å². The van der Waals surface area contributed by atoms with E-state index < -0.39 is 11.2 Å². The van der Waals surface area contributed by atoms with Gasteiger partial charge in [0, 0.05) is 7.05 Å². The molecule has 4 nitrogen and oxygen atoms in total. The van der Waals surface area contributed by atoms with Gasteiger partial charge in [0.05, 0.1) is 22.5 Å². The largest absolute Gasteiger partial charge is 0.425 e. The number of benzene rings is 1. The third-order valence-electron chi connectivity index (χ3n) is 3.55. The third kappa shape index (κ3) is 5.03. The van der Waals surface area contributed by atoms with Gasteiger partial charge in [-0.05, 0) is 39.8 Å². The van der Waals surface area contributed by atoms with Crippen molar-refractivity contribution in [1.29, 1.82) is 0 Å². The maximum Gasteiger partial charge on any atom is 0.354 e. The Labute approximate surface area is 128 Å². The number of rotatable bonds is 7. The van der Waals surface area contributed by atoms with Crippen LogP contribution in [0.5, 0.6) is 0 Å². The van der Waals surface area contributed by atoms with E-state index in [0.29, 0.717) is 5.61 Å². The van der Waals surface area contributed by atoms with Crippen LogP contribution in [-0.4, -0.2) is 36.4 Å². The molecule has 0 atom stereocenters. The minimum absolute atomic E-state index is 0.582. The van der Waals surface area contributed by atoms with Gasteiger partial charge >= 0.3 is 7.48 Å². The molecule has 0 saturated carbocycles. The summed E-state index contributed by atoms with van der Waals surface area (Å²) in [5.74, 6) is 0. The average molecular weight is 287 g/mol. The summed E-state index contributed by atoms with van der Waals surface area (Å²) in [5, 5.41) is 16.2. The molecule has 5 heteroatoms. The van der Waals surface area contributed by atoms with Crippen molar-refractivity contribution in [3.8, 4) is 0 Å². The van der Waals surface area contributed by atoms with E-state index in [4.69, 9.17) is 4.65 Å². The monoisotopic (exact) mass is 287 g/mol. The van der Waals surface area contributed by atoms with E-state index in [9.17, 15) is 5.11 Å². The maximum absolute atomic E-state index is 10.1. The van der Waals surface area contributed by atoms with Gasteiger partial charge in [0.15, 0.2) is 0 Å². The zero-order valence-corrected chi connectivity index (χ0v) is 13.5. The molecule has 0 fully saturated rings. The normalized spacial score (nSPS) is 13.0. The fraction of sp³-hybridized carbons (Fsp3) is 0.438. The van der Waals surface area contributed by atoms with Gasteiger partial charge in [-0.3, -0.25) is 5.01 Å². The highest BCUT2D eigenvalue weighted by atomic mass is 16.5. The molecule has 1 N–H and O–H groups in total. The molecule has 0 aliphatic heterocycles. The standard InChI is InChI=1S/C16H24BN2O2/c1-7-14(17-21-16(4,5)15(2,3)20)18-19(6)13-11-9-8-10-12-13/h7-12,20H,1H2,2-6H3/b18-14+. The van der Waals surface area contributed by atoms with Crippen LogP contribution in [0.1, 0.15) is 27.7 Å². The van der Waals surface area contributed by atoms with E-state index in [0.717, 1.165) is 5.69 Å². The Bertz CT molecular complexity index is 493. The van der Waals surface area contributed by atoms with Gasteiger partial charge in [0.2, 0.25) is 0 Å². The van der Waals surface area contributed by atoms with Crippen molar-refractivity contribution in [3.63, 3.8) is 0 Å². The first kappa shape index (κ1) is 17.5. The second-order valence-electron chi connectivity index (χ2n) is 5.89. The lowest BCUT2D eigenvalue weighted by molar-refractivity contribution is -0.0890. The lowest BCUT2D eigenvalue weighted by Gasteiger charge is -2.37. The van der Waals surface area contributed by atoms with Crippen LogP contribution in [0.2, 0.25) is 0 Å². The number of allylic oxidation sites excluding steroid dienone is 1. The number of anilines is 1. The Morgan fingerprint density at radius 2 is 1.86 bits per heavy atom. The van der Waals surface area contributed by atoms with Crippen molar-refractivity contribution < 1.29 is 9.76 Å². The summed E-state index contributed by atoms with van der Waals surface area (Å²) in [5.41, 5.74) is -0.158. The lowest BCUT2D eigenvalue weighted by atomic mass is 9.84. The Hall–Kier alpha value is -1.59. The van der Waals surface area contributed by atoms with Gasteiger partial charge in [-0.15, -0.1) is 0 Å². The van der Waals surface area contributed by atoms with Crippen molar-refractivity contribution in [1.82, 2.24) is 0 Å². The highest BCUT2D eigenvalue weighted by molar-refractivity contribution is 6.73. The summed E-state index contributed by atoms with van der Waals surface area (Å²) < 4.78 is 5.68. The zero-order chi connectivity index (χ0) is 16.1. The first-order valence-corrected chi connectivity index (χ1v) is 6.90. The van der Waals surface area contributed by atoms with Crippen LogP contribution >= 0.6 is 0 Å². The molecule has 0 amide bonds. The predicted octanol–water partition coefficient (Wildman–Crippen LogP) is 2.81. The van der Waals surface area contributed by atoms with Gasteiger partial charge in [0.25, 0.3) is 0 Å². The summed E-state index contributed by atoms with van der Waals surface area (Å²) in [6.07, 6.45) is 1.61. The summed E-state index contributed by atoms with van der Waals surface area (Å²) in [6, 6.07) is 9.79. The van der Waals surface area contributed by atoms with E-state index in [-0.39, 0.29) is 0 Å². The van der Waals surface area contributed by atoms with Crippen molar-refractivity contribution in [2.75, 3.05) is 12.1 Å². The van der Waals surface area contributed by atoms with Gasteiger partial charge < -0.3 is 9.76 Å². The Balaban J connectivity index is 2.76. The Morgan fingerprint density at radius 3 is 2.33 bits per heavy atom. The SMILES string of the molecule is C=C/C([B]OC(C)(C)C(C)(C)O)=N\N(C)c1ccccc1. The van der Waals surface area contributed by atoms with E-state index in [1.54, 1.807) is 24.9 Å². The van der Waals surface area contributed by atoms with Crippen LogP contribution in [0.4, 0.5) is 5.69 Å². The third-order valence-corrected chi connectivity index (χ3v) is 3.55. The average Bonchev–Trinajstić information content (AvgIpc) is 2.43. The van der Waals surface area contributed by atoms with Gasteiger partial charge in [-0.2, -0.15) is 5.10 Å². The highest BCUT2D eigenvalue weighted by Crippen LogP contribution is 2.24. The molecule has 0 bridgehead atoms. The summed E-state index contributed by atoms with van der Waals surface area (Å²) in [4.78, 5) is 0. The van der Waals surface area contributed by atoms with E-state index in [1.807, 2.05) is 51.2 Å². The van der Waals surface area contributed by atoms with Crippen LogP contribution in [0.3, 0.4) is 0 Å². The van der Waals surface area contributed by atoms with Gasteiger partial charge in [-0.25, -0.2) is 0 Å². The zero-order valence-electron chi connectivity index (χ0n) is 13.5. The molecule has 1 radical (unpaired) electrons. The molecule has 0 aliphatic carbocycles. The minimum atomic E-state index is -0.971. The molecule has 0 spiro atoms. The highest BCUT2D eigenvalue weighted by Gasteiger charge is 2.35. The molecule has 0 saturated heterocycles. The van der Waals surface area contributed by atoms with E-state index in [2.05, 4.69) is 11.7 Å². The molecular weight excluding hydrogens is 263 g/mol. The van der Waals surface area contributed by atoms with E-state index >= 15 is 0 Å². The summed E-state index contributed by atoms with van der Waals surface area (Å²) >= 11 is 0. The Kier molecular flexibility index (Phi) is 5.75.